The second-order valence-electron chi connectivity index (χ2n) is 6.04. The second kappa shape index (κ2) is 7.58. The van der Waals surface area contributed by atoms with E-state index in [4.69, 9.17) is 0 Å². The highest BCUT2D eigenvalue weighted by Gasteiger charge is 2.26. The Balaban J connectivity index is 1.93. The predicted molar refractivity (Wildman–Crippen MR) is 106 cm³/mol. The van der Waals surface area contributed by atoms with Crippen LogP contribution in [0.5, 0.6) is 0 Å². The molecule has 3 aromatic carbocycles. The highest BCUT2D eigenvalue weighted by atomic mass is 79.9. The number of rotatable bonds is 5. The summed E-state index contributed by atoms with van der Waals surface area (Å²) >= 11 is 3.29. The van der Waals surface area contributed by atoms with Gasteiger partial charge in [0.15, 0.2) is 0 Å². The number of nitrogens with one attached hydrogen (secondary N) is 1. The van der Waals surface area contributed by atoms with E-state index >= 15 is 0 Å². The number of nitriles is 1. The van der Waals surface area contributed by atoms with Crippen LogP contribution in [0.3, 0.4) is 0 Å². The van der Waals surface area contributed by atoms with Crippen LogP contribution in [0.25, 0.3) is 10.8 Å². The number of hydrogen-bond acceptors (Lipinski definition) is 3. The number of benzene rings is 3. The molecule has 0 fully saturated rings. The Hall–Kier alpha value is -2.20. The Kier molecular flexibility index (Phi) is 5.42. The third kappa shape index (κ3) is 3.80. The van der Waals surface area contributed by atoms with Crippen LogP contribution >= 0.6 is 15.9 Å². The third-order valence-corrected chi connectivity index (χ3v) is 6.34. The molecule has 0 aliphatic carbocycles. The van der Waals surface area contributed by atoms with Crippen molar-refractivity contribution in [2.24, 2.45) is 0 Å². The molecule has 0 amide bonds. The van der Waals surface area contributed by atoms with Gasteiger partial charge in [-0.25, -0.2) is 8.42 Å². The summed E-state index contributed by atoms with van der Waals surface area (Å²) in [4.78, 5) is 0.131. The fourth-order valence-electron chi connectivity index (χ4n) is 2.92. The van der Waals surface area contributed by atoms with E-state index in [2.05, 4.69) is 26.7 Å². The van der Waals surface area contributed by atoms with Gasteiger partial charge in [-0.1, -0.05) is 65.3 Å². The molecule has 26 heavy (non-hydrogen) atoms. The summed E-state index contributed by atoms with van der Waals surface area (Å²) in [6.07, 6.45) is 0. The van der Waals surface area contributed by atoms with Crippen molar-refractivity contribution in [1.29, 1.82) is 5.26 Å². The summed E-state index contributed by atoms with van der Waals surface area (Å²) in [6, 6.07) is 21.3. The molecule has 3 aromatic rings. The second-order valence-corrected chi connectivity index (χ2v) is 8.67. The summed E-state index contributed by atoms with van der Waals surface area (Å²) in [5, 5.41) is 11.7. The molecule has 0 aliphatic heterocycles. The largest absolute Gasteiger partial charge is 0.241 e. The van der Waals surface area contributed by atoms with Crippen LogP contribution in [0, 0.1) is 11.3 Å². The molecule has 4 nitrogen and oxygen atoms in total. The zero-order valence-corrected chi connectivity index (χ0v) is 16.5. The van der Waals surface area contributed by atoms with Crippen LogP contribution in [-0.2, 0) is 10.0 Å². The van der Waals surface area contributed by atoms with Gasteiger partial charge in [0.2, 0.25) is 10.0 Å². The first-order valence-electron chi connectivity index (χ1n) is 8.07. The van der Waals surface area contributed by atoms with Crippen molar-refractivity contribution in [1.82, 2.24) is 4.72 Å². The molecular formula is C20H17BrN2O2S. The maximum atomic E-state index is 12.6. The van der Waals surface area contributed by atoms with E-state index in [-0.39, 0.29) is 10.8 Å². The highest BCUT2D eigenvalue weighted by molar-refractivity contribution is 9.10. The average molecular weight is 429 g/mol. The summed E-state index contributed by atoms with van der Waals surface area (Å²) < 4.78 is 28.6. The van der Waals surface area contributed by atoms with Crippen molar-refractivity contribution < 1.29 is 8.42 Å². The highest BCUT2D eigenvalue weighted by Crippen LogP contribution is 2.28. The van der Waals surface area contributed by atoms with Gasteiger partial charge in [0, 0.05) is 10.4 Å². The van der Waals surface area contributed by atoms with Gasteiger partial charge in [-0.2, -0.15) is 9.98 Å². The minimum Gasteiger partial charge on any atom is -0.207 e. The molecule has 0 bridgehead atoms. The molecule has 0 unspecified atom stereocenters. The van der Waals surface area contributed by atoms with Crippen LogP contribution in [0.1, 0.15) is 18.4 Å². The molecule has 0 radical (unpaired) electrons. The molecule has 1 N–H and O–H groups in total. The van der Waals surface area contributed by atoms with Crippen LogP contribution in [0.15, 0.2) is 76.1 Å². The van der Waals surface area contributed by atoms with Gasteiger partial charge in [0.25, 0.3) is 0 Å². The molecule has 132 valence electrons. The van der Waals surface area contributed by atoms with E-state index in [0.29, 0.717) is 0 Å². The number of sulfonamides is 1. The lowest BCUT2D eigenvalue weighted by atomic mass is 9.90. The molecule has 0 heterocycles. The van der Waals surface area contributed by atoms with Crippen molar-refractivity contribution >= 4 is 36.7 Å². The first kappa shape index (κ1) is 18.6. The lowest BCUT2D eigenvalue weighted by Crippen LogP contribution is -2.37. The van der Waals surface area contributed by atoms with Crippen LogP contribution in [-0.4, -0.2) is 14.5 Å². The van der Waals surface area contributed by atoms with Gasteiger partial charge in [-0.15, -0.1) is 0 Å². The Morgan fingerprint density at radius 2 is 1.65 bits per heavy atom. The van der Waals surface area contributed by atoms with E-state index in [1.54, 1.807) is 12.1 Å². The molecular weight excluding hydrogens is 412 g/mol. The Bertz CT molecular complexity index is 1070. The van der Waals surface area contributed by atoms with E-state index in [0.717, 1.165) is 20.8 Å². The zero-order chi connectivity index (χ0) is 18.7. The van der Waals surface area contributed by atoms with Crippen molar-refractivity contribution in [3.8, 4) is 6.07 Å². The van der Waals surface area contributed by atoms with Gasteiger partial charge in [0.05, 0.1) is 11.0 Å². The van der Waals surface area contributed by atoms with Crippen molar-refractivity contribution in [3.63, 3.8) is 0 Å². The minimum atomic E-state index is -3.79. The van der Waals surface area contributed by atoms with Gasteiger partial charge in [-0.3, -0.25) is 0 Å². The van der Waals surface area contributed by atoms with Crippen LogP contribution < -0.4 is 4.72 Å². The summed E-state index contributed by atoms with van der Waals surface area (Å²) in [5.41, 5.74) is 0.938. The normalized spacial score (nSPS) is 13.9. The maximum Gasteiger partial charge on any atom is 0.241 e. The molecule has 0 spiro atoms. The molecule has 0 saturated carbocycles. The molecule has 0 aliphatic rings. The number of fused-ring (bicyclic) bond motifs is 1. The smallest absolute Gasteiger partial charge is 0.207 e. The van der Waals surface area contributed by atoms with Gasteiger partial charge in [-0.05, 0) is 40.6 Å². The topological polar surface area (TPSA) is 70.0 Å². The molecule has 6 heteroatoms. The Labute approximate surface area is 161 Å². The average Bonchev–Trinajstić information content (AvgIpc) is 2.65. The van der Waals surface area contributed by atoms with E-state index < -0.39 is 16.1 Å². The number of hydrogen-bond donors (Lipinski definition) is 1. The minimum absolute atomic E-state index is 0.131. The van der Waals surface area contributed by atoms with Crippen LogP contribution in [0.2, 0.25) is 0 Å². The summed E-state index contributed by atoms with van der Waals surface area (Å²) in [7, 11) is -3.79. The first-order chi connectivity index (χ1) is 12.4. The lowest BCUT2D eigenvalue weighted by Gasteiger charge is -2.21. The van der Waals surface area contributed by atoms with Gasteiger partial charge in [0.1, 0.15) is 6.04 Å². The van der Waals surface area contributed by atoms with Gasteiger partial charge >= 0.3 is 0 Å². The van der Waals surface area contributed by atoms with Gasteiger partial charge < -0.3 is 0 Å². The standard InChI is InChI=1S/C20H17BrN2O2S/c1-14(18-8-4-6-15-5-2-3-7-19(15)18)20(13-22)23-26(24,25)17-11-9-16(21)10-12-17/h2-12,14,20,23H,1H3/t14-,20-/m1/s1. The quantitative estimate of drug-likeness (QED) is 0.646. The predicted octanol–water partition coefficient (Wildman–Crippen LogP) is 4.58. The van der Waals surface area contributed by atoms with E-state index in [1.807, 2.05) is 49.4 Å². The third-order valence-electron chi connectivity index (χ3n) is 4.36. The van der Waals surface area contributed by atoms with Crippen LogP contribution in [0.4, 0.5) is 0 Å². The first-order valence-corrected chi connectivity index (χ1v) is 10.3. The molecule has 0 aromatic heterocycles. The molecule has 3 rings (SSSR count). The van der Waals surface area contributed by atoms with Crippen molar-refractivity contribution in [2.45, 2.75) is 23.8 Å². The molecule has 2 atom stereocenters. The number of halogens is 1. The summed E-state index contributed by atoms with van der Waals surface area (Å²) in [5.74, 6) is -0.309. The maximum absolute atomic E-state index is 12.6. The Morgan fingerprint density at radius 3 is 2.35 bits per heavy atom. The lowest BCUT2D eigenvalue weighted by molar-refractivity contribution is 0.554. The Morgan fingerprint density at radius 1 is 1.00 bits per heavy atom. The fraction of sp³-hybridized carbons (Fsp3) is 0.150. The van der Waals surface area contributed by atoms with Crippen molar-refractivity contribution in [3.05, 3.63) is 76.8 Å². The SMILES string of the molecule is C[C@H](c1cccc2ccccc12)[C@@H](C#N)NS(=O)(=O)c1ccc(Br)cc1. The monoisotopic (exact) mass is 428 g/mol. The van der Waals surface area contributed by atoms with Crippen molar-refractivity contribution in [2.75, 3.05) is 0 Å². The fourth-order valence-corrected chi connectivity index (χ4v) is 4.40. The zero-order valence-electron chi connectivity index (χ0n) is 14.1. The summed E-state index contributed by atoms with van der Waals surface area (Å²) in [6.45, 7) is 1.86. The van der Waals surface area contributed by atoms with E-state index in [9.17, 15) is 13.7 Å². The molecule has 0 saturated heterocycles. The van der Waals surface area contributed by atoms with E-state index in [1.165, 1.54) is 12.1 Å². The number of nitrogens with zero attached hydrogens (tertiary/aromatic N) is 1.